The minimum absolute atomic E-state index is 0.589. The highest BCUT2D eigenvalue weighted by molar-refractivity contribution is 5.67. The zero-order valence-electron chi connectivity index (χ0n) is 14.1. The molecular weight excluding hydrogens is 370 g/mol. The third-order valence-electron chi connectivity index (χ3n) is 4.26. The Hall–Kier alpha value is -1.42. The zero-order valence-corrected chi connectivity index (χ0v) is 14.1. The van der Waals surface area contributed by atoms with E-state index in [1.54, 1.807) is 0 Å². The normalized spacial score (nSPS) is 33.4. The van der Waals surface area contributed by atoms with Crippen molar-refractivity contribution in [2.45, 2.75) is 48.6 Å². The summed E-state index contributed by atoms with van der Waals surface area (Å²) < 4.78 is 0. The lowest BCUT2D eigenvalue weighted by Gasteiger charge is -2.61. The molecule has 0 aromatic rings. The summed E-state index contributed by atoms with van der Waals surface area (Å²) in [5, 5.41) is 94.7. The maximum Gasteiger partial charge on any atom is 0.0680 e. The lowest BCUT2D eigenvalue weighted by Crippen LogP contribution is -2.82. The second kappa shape index (κ2) is 10.8. The van der Waals surface area contributed by atoms with E-state index in [9.17, 15) is 45.3 Å². The van der Waals surface area contributed by atoms with Crippen LogP contribution in [0.25, 0.3) is 0 Å². The lowest BCUT2D eigenvalue weighted by atomic mass is 9.79. The van der Waals surface area contributed by atoms with Crippen LogP contribution in [0, 0.1) is 0 Å². The van der Waals surface area contributed by atoms with Crippen molar-refractivity contribution in [3.63, 3.8) is 0 Å². The van der Waals surface area contributed by atoms with E-state index in [0.717, 1.165) is 0 Å². The first kappa shape index (κ1) is 23.6. The molecular formula is C14H21N3O10-6. The molecule has 0 saturated heterocycles. The van der Waals surface area contributed by atoms with E-state index >= 15 is 0 Å². The number of aliphatic hydroxyl groups is 2. The molecule has 0 radical (unpaired) electrons. The highest BCUT2D eigenvalue weighted by Crippen LogP contribution is 2.17. The topological polar surface area (TPSA) is 249 Å². The summed E-state index contributed by atoms with van der Waals surface area (Å²) in [6.07, 6.45) is -9.33. The highest BCUT2D eigenvalue weighted by Gasteiger charge is 2.36. The molecule has 0 aromatic heterocycles. The minimum atomic E-state index is -1.97. The Morgan fingerprint density at radius 2 is 1.22 bits per heavy atom. The molecule has 27 heavy (non-hydrogen) atoms. The van der Waals surface area contributed by atoms with Crippen molar-refractivity contribution in [1.29, 1.82) is 0 Å². The van der Waals surface area contributed by atoms with Crippen molar-refractivity contribution < 1.29 is 50.4 Å². The van der Waals surface area contributed by atoms with E-state index in [-0.39, 0.29) is 0 Å². The van der Waals surface area contributed by atoms with Crippen LogP contribution in [0.15, 0.2) is 0 Å². The summed E-state index contributed by atoms with van der Waals surface area (Å²) in [6.45, 7) is -3.12. The lowest BCUT2D eigenvalue weighted by molar-refractivity contribution is -0.536. The van der Waals surface area contributed by atoms with Crippen molar-refractivity contribution >= 4 is 11.9 Å². The number of rotatable bonds is 11. The maximum absolute atomic E-state index is 12.5. The molecule has 1 saturated carbocycles. The molecule has 2 unspecified atom stereocenters. The van der Waals surface area contributed by atoms with Crippen molar-refractivity contribution in [3.8, 4) is 0 Å². The van der Waals surface area contributed by atoms with E-state index in [2.05, 4.69) is 16.0 Å². The van der Waals surface area contributed by atoms with Gasteiger partial charge in [0.25, 0.3) is 0 Å². The van der Waals surface area contributed by atoms with E-state index in [0.29, 0.717) is 0 Å². The van der Waals surface area contributed by atoms with Crippen molar-refractivity contribution in [2.24, 2.45) is 0 Å². The Kier molecular flexibility index (Phi) is 9.44. The third-order valence-corrected chi connectivity index (χ3v) is 4.26. The second-order valence-corrected chi connectivity index (χ2v) is 6.17. The maximum atomic E-state index is 12.5. The first-order valence-corrected chi connectivity index (χ1v) is 8.12. The van der Waals surface area contributed by atoms with Crippen molar-refractivity contribution in [3.05, 3.63) is 0 Å². The van der Waals surface area contributed by atoms with Gasteiger partial charge in [-0.2, -0.15) is 0 Å². The first-order chi connectivity index (χ1) is 12.6. The molecule has 0 aliphatic heterocycles. The molecule has 0 heterocycles. The Labute approximate surface area is 154 Å². The molecule has 0 spiro atoms. The number of carboxylic acid groups (broad SMARTS) is 2. The molecule has 1 rings (SSSR count). The number of hydrogen-bond donors (Lipinski definition) is 5. The number of carbonyl (C=O) groups excluding carboxylic acids is 2. The summed E-state index contributed by atoms with van der Waals surface area (Å²) in [5.41, 5.74) is 0. The van der Waals surface area contributed by atoms with Crippen LogP contribution in [-0.2, 0) is 9.59 Å². The number of carboxylic acids is 2. The number of aliphatic carboxylic acids is 2. The number of carbonyl (C=O) groups is 2. The smallest absolute Gasteiger partial charge is 0.0680 e. The van der Waals surface area contributed by atoms with Gasteiger partial charge in [-0.3, -0.25) is 0 Å². The van der Waals surface area contributed by atoms with Crippen LogP contribution in [0.5, 0.6) is 0 Å². The van der Waals surface area contributed by atoms with E-state index in [1.807, 2.05) is 0 Å². The van der Waals surface area contributed by atoms with Gasteiger partial charge < -0.3 is 66.4 Å². The Morgan fingerprint density at radius 3 is 1.56 bits per heavy atom. The second-order valence-electron chi connectivity index (χ2n) is 6.17. The van der Waals surface area contributed by atoms with Gasteiger partial charge >= 0.3 is 0 Å². The molecule has 1 aliphatic carbocycles. The third kappa shape index (κ3) is 6.60. The number of aliphatic hydroxyl groups excluding tert-OH is 2. The van der Waals surface area contributed by atoms with Crippen LogP contribution in [-0.4, -0.2) is 97.0 Å². The molecule has 13 heteroatoms. The van der Waals surface area contributed by atoms with Gasteiger partial charge in [-0.15, -0.1) is 0 Å². The van der Waals surface area contributed by atoms with Crippen LogP contribution in [0.1, 0.15) is 0 Å². The van der Waals surface area contributed by atoms with E-state index in [1.165, 1.54) is 0 Å². The van der Waals surface area contributed by atoms with Crippen LogP contribution < -0.4 is 46.6 Å². The highest BCUT2D eigenvalue weighted by atomic mass is 16.4. The molecule has 0 aromatic carbocycles. The van der Waals surface area contributed by atoms with Crippen molar-refractivity contribution in [2.75, 3.05) is 26.2 Å². The molecule has 0 bridgehead atoms. The summed E-state index contributed by atoms with van der Waals surface area (Å²) in [6, 6.07) is -4.73. The summed E-state index contributed by atoms with van der Waals surface area (Å²) in [5.74, 6) is -3.21. The monoisotopic (exact) mass is 391 g/mol. The van der Waals surface area contributed by atoms with Gasteiger partial charge in [0.05, 0.1) is 24.6 Å². The Balaban J connectivity index is 2.92. The minimum Gasteiger partial charge on any atom is -0.850 e. The number of nitrogens with one attached hydrogen (secondary N) is 3. The predicted octanol–water partition coefficient (Wildman–Crippen LogP) is -11.4. The fraction of sp³-hybridized carbons (Fsp3) is 0.857. The quantitative estimate of drug-likeness (QED) is 0.219. The largest absolute Gasteiger partial charge is 0.850 e. The van der Waals surface area contributed by atoms with E-state index in [4.69, 9.17) is 5.11 Å². The molecule has 1 aliphatic rings. The van der Waals surface area contributed by atoms with Gasteiger partial charge in [0.2, 0.25) is 0 Å². The zero-order chi connectivity index (χ0) is 20.7. The molecule has 158 valence electrons. The molecule has 5 N–H and O–H groups in total. The summed E-state index contributed by atoms with van der Waals surface area (Å²) in [4.78, 5) is 21.1. The first-order valence-electron chi connectivity index (χ1n) is 8.12. The van der Waals surface area contributed by atoms with Gasteiger partial charge in [-0.05, 0) is 24.7 Å². The molecule has 0 amide bonds. The average molecular weight is 391 g/mol. The Morgan fingerprint density at radius 1 is 0.852 bits per heavy atom. The van der Waals surface area contributed by atoms with Gasteiger partial charge in [0, 0.05) is 13.1 Å². The van der Waals surface area contributed by atoms with Gasteiger partial charge in [0.15, 0.2) is 0 Å². The molecule has 1 fully saturated rings. The van der Waals surface area contributed by atoms with E-state index < -0.39 is 86.8 Å². The van der Waals surface area contributed by atoms with Gasteiger partial charge in [-0.1, -0.05) is 24.4 Å². The van der Waals surface area contributed by atoms with Crippen LogP contribution in [0.4, 0.5) is 0 Å². The number of hydrogen-bond acceptors (Lipinski definition) is 13. The average Bonchev–Trinajstić information content (AvgIpc) is 2.59. The summed E-state index contributed by atoms with van der Waals surface area (Å²) >= 11 is 0. The predicted molar refractivity (Wildman–Crippen MR) is 73.6 cm³/mol. The van der Waals surface area contributed by atoms with Crippen LogP contribution in [0.2, 0.25) is 0 Å². The van der Waals surface area contributed by atoms with Crippen molar-refractivity contribution in [1.82, 2.24) is 16.0 Å². The van der Waals surface area contributed by atoms with Gasteiger partial charge in [0.1, 0.15) is 0 Å². The SMILES string of the molecule is O=C([O-])CN[C@@H]1C([O-])[C@H](NCC(=O)[O-])[C@H]([O-])C(NC[C@H]([O-])[C@H](O)CO)[C@@H]1[O-]. The molecule has 8 atom stereocenters. The molecule has 13 nitrogen and oxygen atoms in total. The fourth-order valence-electron chi connectivity index (χ4n) is 2.84. The van der Waals surface area contributed by atoms with Crippen LogP contribution in [0.3, 0.4) is 0 Å². The standard InChI is InChI=1S/C14H23N3O10/c18-4-6(20)5(19)1-15-9-12(25)10(16-2-7(21)22)14(27)11(13(9)26)17-3-8(23)24/h5-6,9-18,20H,1-4H2,(H,21,22)(H,23,24)/q-4/p-2/t5-,6+,9?,10-,11+,12-,13+,14?/m0/s1. The van der Waals surface area contributed by atoms with Gasteiger partial charge in [-0.25, -0.2) is 0 Å². The summed E-state index contributed by atoms with van der Waals surface area (Å²) in [7, 11) is 0. The fourth-order valence-corrected chi connectivity index (χ4v) is 2.84. The van der Waals surface area contributed by atoms with Crippen LogP contribution >= 0.6 is 0 Å². The Bertz CT molecular complexity index is 464.